The van der Waals surface area contributed by atoms with Crippen LogP contribution in [0.2, 0.25) is 0 Å². The van der Waals surface area contributed by atoms with Crippen molar-refractivity contribution < 1.29 is 0 Å². The molecule has 1 atom stereocenters. The summed E-state index contributed by atoms with van der Waals surface area (Å²) in [6, 6.07) is 1.60. The van der Waals surface area contributed by atoms with Crippen molar-refractivity contribution in [1.82, 2.24) is 10.2 Å². The first-order valence-electron chi connectivity index (χ1n) is 5.75. The molecule has 0 amide bonds. The first-order chi connectivity index (χ1) is 6.27. The minimum Gasteiger partial charge on any atom is -0.313 e. The van der Waals surface area contributed by atoms with Gasteiger partial charge in [-0.25, -0.2) is 0 Å². The van der Waals surface area contributed by atoms with Crippen LogP contribution in [-0.2, 0) is 0 Å². The molecule has 0 radical (unpaired) electrons. The fraction of sp³-hybridized carbons (Fsp3) is 1.00. The van der Waals surface area contributed by atoms with Crippen molar-refractivity contribution in [1.29, 1.82) is 0 Å². The van der Waals surface area contributed by atoms with Gasteiger partial charge in [-0.3, -0.25) is 4.90 Å². The molecule has 1 aliphatic rings. The number of nitrogens with one attached hydrogen (secondary N) is 1. The fourth-order valence-electron chi connectivity index (χ4n) is 1.64. The van der Waals surface area contributed by atoms with Gasteiger partial charge in [-0.05, 0) is 32.7 Å². The molecule has 2 heteroatoms. The van der Waals surface area contributed by atoms with Gasteiger partial charge in [-0.15, -0.1) is 0 Å². The van der Waals surface area contributed by atoms with E-state index in [4.69, 9.17) is 0 Å². The van der Waals surface area contributed by atoms with Gasteiger partial charge in [0, 0.05) is 25.2 Å². The van der Waals surface area contributed by atoms with Crippen LogP contribution in [0.15, 0.2) is 0 Å². The molecule has 1 saturated carbocycles. The first kappa shape index (κ1) is 11.0. The average molecular weight is 184 g/mol. The number of nitrogens with zero attached hydrogens (tertiary/aromatic N) is 1. The molecule has 0 aromatic rings. The Balaban J connectivity index is 2.02. The van der Waals surface area contributed by atoms with E-state index in [1.54, 1.807) is 0 Å². The maximum Gasteiger partial charge on any atom is 0.0110 e. The summed E-state index contributed by atoms with van der Waals surface area (Å²) in [5.74, 6) is 0. The van der Waals surface area contributed by atoms with E-state index in [0.29, 0.717) is 6.04 Å². The van der Waals surface area contributed by atoms with Gasteiger partial charge in [-0.2, -0.15) is 0 Å². The maximum atomic E-state index is 3.54. The van der Waals surface area contributed by atoms with Gasteiger partial charge in [0.2, 0.25) is 0 Å². The highest BCUT2D eigenvalue weighted by Crippen LogP contribution is 2.25. The van der Waals surface area contributed by atoms with E-state index in [-0.39, 0.29) is 0 Å². The zero-order chi connectivity index (χ0) is 9.68. The van der Waals surface area contributed by atoms with Crippen LogP contribution in [-0.4, -0.2) is 36.6 Å². The normalized spacial score (nSPS) is 19.4. The largest absolute Gasteiger partial charge is 0.313 e. The lowest BCUT2D eigenvalue weighted by molar-refractivity contribution is 0.272. The quantitative estimate of drug-likeness (QED) is 0.649. The van der Waals surface area contributed by atoms with Crippen LogP contribution in [0.5, 0.6) is 0 Å². The number of hydrogen-bond donors (Lipinski definition) is 1. The Labute approximate surface area is 82.7 Å². The lowest BCUT2D eigenvalue weighted by Gasteiger charge is -2.21. The highest BCUT2D eigenvalue weighted by atomic mass is 15.2. The molecule has 0 spiro atoms. The molecule has 13 heavy (non-hydrogen) atoms. The Morgan fingerprint density at radius 1 is 1.38 bits per heavy atom. The summed E-state index contributed by atoms with van der Waals surface area (Å²) < 4.78 is 0. The van der Waals surface area contributed by atoms with E-state index in [0.717, 1.165) is 12.6 Å². The molecule has 2 nitrogen and oxygen atoms in total. The zero-order valence-electron chi connectivity index (χ0n) is 9.34. The van der Waals surface area contributed by atoms with Crippen molar-refractivity contribution in [2.24, 2.45) is 0 Å². The summed E-state index contributed by atoms with van der Waals surface area (Å²) in [6.45, 7) is 10.4. The second-order valence-corrected chi connectivity index (χ2v) is 4.12. The number of hydrogen-bond acceptors (Lipinski definition) is 2. The molecule has 0 heterocycles. The summed E-state index contributed by atoms with van der Waals surface area (Å²) in [7, 11) is 0. The summed E-state index contributed by atoms with van der Waals surface area (Å²) in [6.07, 6.45) is 4.09. The minimum atomic E-state index is 0.679. The van der Waals surface area contributed by atoms with Crippen molar-refractivity contribution in [3.63, 3.8) is 0 Å². The molecule has 0 bridgehead atoms. The third-order valence-corrected chi connectivity index (χ3v) is 2.97. The lowest BCUT2D eigenvalue weighted by atomic mass is 10.2. The van der Waals surface area contributed by atoms with Crippen LogP contribution in [0, 0.1) is 0 Å². The van der Waals surface area contributed by atoms with Gasteiger partial charge in [-0.1, -0.05) is 13.8 Å². The van der Waals surface area contributed by atoms with E-state index in [2.05, 4.69) is 31.0 Å². The van der Waals surface area contributed by atoms with Crippen LogP contribution < -0.4 is 5.32 Å². The summed E-state index contributed by atoms with van der Waals surface area (Å²) in [5, 5.41) is 3.54. The lowest BCUT2D eigenvalue weighted by Crippen LogP contribution is -2.36. The molecule has 0 saturated heterocycles. The molecule has 0 aromatic carbocycles. The number of likely N-dealkylation sites (N-methyl/N-ethyl adjacent to an activating group) is 1. The van der Waals surface area contributed by atoms with Gasteiger partial charge in [0.15, 0.2) is 0 Å². The molecule has 1 rings (SSSR count). The molecule has 1 fully saturated rings. The molecular formula is C11H24N2. The SMILES string of the molecule is CCC(C)NCCN(CC)C1CC1. The molecule has 1 unspecified atom stereocenters. The Kier molecular flexibility index (Phi) is 4.74. The van der Waals surface area contributed by atoms with Crippen molar-refractivity contribution in [2.45, 2.75) is 52.1 Å². The molecule has 0 aliphatic heterocycles. The molecule has 0 aromatic heterocycles. The zero-order valence-corrected chi connectivity index (χ0v) is 9.34. The summed E-state index contributed by atoms with van der Waals surface area (Å²) in [5.41, 5.74) is 0. The Bertz CT molecular complexity index is 132. The van der Waals surface area contributed by atoms with Crippen LogP contribution >= 0.6 is 0 Å². The third kappa shape index (κ3) is 4.10. The molecule has 1 N–H and O–H groups in total. The highest BCUT2D eigenvalue weighted by Gasteiger charge is 2.26. The van der Waals surface area contributed by atoms with E-state index < -0.39 is 0 Å². The van der Waals surface area contributed by atoms with Crippen LogP contribution in [0.1, 0.15) is 40.0 Å². The average Bonchev–Trinajstić information content (AvgIpc) is 2.95. The van der Waals surface area contributed by atoms with Crippen molar-refractivity contribution in [3.8, 4) is 0 Å². The second kappa shape index (κ2) is 5.61. The Morgan fingerprint density at radius 3 is 2.54 bits per heavy atom. The fourth-order valence-corrected chi connectivity index (χ4v) is 1.64. The molecule has 78 valence electrons. The monoisotopic (exact) mass is 184 g/mol. The smallest absolute Gasteiger partial charge is 0.0110 e. The van der Waals surface area contributed by atoms with Gasteiger partial charge in [0.1, 0.15) is 0 Å². The van der Waals surface area contributed by atoms with Crippen LogP contribution in [0.3, 0.4) is 0 Å². The predicted molar refractivity (Wildman–Crippen MR) is 58.0 cm³/mol. The van der Waals surface area contributed by atoms with Gasteiger partial charge in [0.25, 0.3) is 0 Å². The highest BCUT2D eigenvalue weighted by molar-refractivity contribution is 4.84. The minimum absolute atomic E-state index is 0.679. The van der Waals surface area contributed by atoms with Gasteiger partial charge < -0.3 is 5.32 Å². The second-order valence-electron chi connectivity index (χ2n) is 4.12. The molecular weight excluding hydrogens is 160 g/mol. The standard InChI is InChI=1S/C11H24N2/c1-4-10(3)12-8-9-13(5-2)11-6-7-11/h10-12H,4-9H2,1-3H3. The summed E-state index contributed by atoms with van der Waals surface area (Å²) >= 11 is 0. The van der Waals surface area contributed by atoms with E-state index in [9.17, 15) is 0 Å². The van der Waals surface area contributed by atoms with E-state index in [1.807, 2.05) is 0 Å². The third-order valence-electron chi connectivity index (χ3n) is 2.97. The van der Waals surface area contributed by atoms with Gasteiger partial charge >= 0.3 is 0 Å². The van der Waals surface area contributed by atoms with Crippen molar-refractivity contribution in [2.75, 3.05) is 19.6 Å². The van der Waals surface area contributed by atoms with Crippen molar-refractivity contribution >= 4 is 0 Å². The Hall–Kier alpha value is -0.0800. The predicted octanol–water partition coefficient (Wildman–Crippen LogP) is 1.86. The maximum absolute atomic E-state index is 3.54. The topological polar surface area (TPSA) is 15.3 Å². The molecule has 1 aliphatic carbocycles. The van der Waals surface area contributed by atoms with Crippen molar-refractivity contribution in [3.05, 3.63) is 0 Å². The Morgan fingerprint density at radius 2 is 2.08 bits per heavy atom. The van der Waals surface area contributed by atoms with Crippen LogP contribution in [0.25, 0.3) is 0 Å². The number of rotatable bonds is 7. The van der Waals surface area contributed by atoms with Crippen LogP contribution in [0.4, 0.5) is 0 Å². The van der Waals surface area contributed by atoms with E-state index >= 15 is 0 Å². The first-order valence-corrected chi connectivity index (χ1v) is 5.75. The van der Waals surface area contributed by atoms with E-state index in [1.165, 1.54) is 32.4 Å². The summed E-state index contributed by atoms with van der Waals surface area (Å²) in [4.78, 5) is 2.59. The van der Waals surface area contributed by atoms with Gasteiger partial charge in [0.05, 0.1) is 0 Å².